The van der Waals surface area contributed by atoms with Crippen molar-refractivity contribution in [2.24, 2.45) is 0 Å². The maximum Gasteiger partial charge on any atom is 0.0584 e. The average molecular weight is 193 g/mol. The SMILES string of the molecule is CC[C@H](CO)NCCc1ccccc1. The summed E-state index contributed by atoms with van der Waals surface area (Å²) in [6.07, 6.45) is 2.00. The first kappa shape index (κ1) is 11.2. The molecule has 0 heterocycles. The lowest BCUT2D eigenvalue weighted by atomic mass is 10.1. The minimum atomic E-state index is 0.227. The van der Waals surface area contributed by atoms with E-state index in [0.717, 1.165) is 19.4 Å². The fourth-order valence-electron chi connectivity index (χ4n) is 1.40. The van der Waals surface area contributed by atoms with Crippen LogP contribution < -0.4 is 5.32 Å². The molecule has 1 aromatic carbocycles. The second kappa shape index (κ2) is 6.57. The summed E-state index contributed by atoms with van der Waals surface area (Å²) < 4.78 is 0. The number of benzene rings is 1. The third kappa shape index (κ3) is 3.90. The summed E-state index contributed by atoms with van der Waals surface area (Å²) in [4.78, 5) is 0. The molecule has 1 rings (SSSR count). The molecule has 0 bridgehead atoms. The first-order valence-corrected chi connectivity index (χ1v) is 5.25. The molecule has 14 heavy (non-hydrogen) atoms. The molecule has 0 aromatic heterocycles. The molecule has 1 atom stereocenters. The topological polar surface area (TPSA) is 32.3 Å². The summed E-state index contributed by atoms with van der Waals surface area (Å²) in [7, 11) is 0. The highest BCUT2D eigenvalue weighted by molar-refractivity contribution is 5.14. The summed E-state index contributed by atoms with van der Waals surface area (Å²) >= 11 is 0. The van der Waals surface area contributed by atoms with Gasteiger partial charge in [-0.1, -0.05) is 37.3 Å². The van der Waals surface area contributed by atoms with Crippen molar-refractivity contribution in [2.45, 2.75) is 25.8 Å². The molecule has 0 aliphatic heterocycles. The van der Waals surface area contributed by atoms with E-state index in [9.17, 15) is 0 Å². The van der Waals surface area contributed by atoms with E-state index < -0.39 is 0 Å². The van der Waals surface area contributed by atoms with E-state index in [1.54, 1.807) is 0 Å². The monoisotopic (exact) mass is 193 g/mol. The molecule has 0 saturated heterocycles. The lowest BCUT2D eigenvalue weighted by Gasteiger charge is -2.13. The van der Waals surface area contributed by atoms with Crippen molar-refractivity contribution in [3.05, 3.63) is 35.9 Å². The third-order valence-electron chi connectivity index (χ3n) is 2.40. The van der Waals surface area contributed by atoms with E-state index in [4.69, 9.17) is 5.11 Å². The smallest absolute Gasteiger partial charge is 0.0584 e. The van der Waals surface area contributed by atoms with E-state index in [1.807, 2.05) is 6.07 Å². The molecule has 0 aliphatic rings. The Morgan fingerprint density at radius 1 is 1.29 bits per heavy atom. The second-order valence-electron chi connectivity index (χ2n) is 3.48. The summed E-state index contributed by atoms with van der Waals surface area (Å²) in [6, 6.07) is 10.6. The molecule has 0 saturated carbocycles. The van der Waals surface area contributed by atoms with Crippen molar-refractivity contribution >= 4 is 0 Å². The molecule has 2 N–H and O–H groups in total. The zero-order valence-corrected chi connectivity index (χ0v) is 8.74. The van der Waals surface area contributed by atoms with Crippen LogP contribution in [-0.2, 0) is 6.42 Å². The lowest BCUT2D eigenvalue weighted by molar-refractivity contribution is 0.240. The van der Waals surface area contributed by atoms with E-state index in [-0.39, 0.29) is 12.6 Å². The lowest BCUT2D eigenvalue weighted by Crippen LogP contribution is -2.33. The van der Waals surface area contributed by atoms with Gasteiger partial charge in [0.25, 0.3) is 0 Å². The van der Waals surface area contributed by atoms with Crippen molar-refractivity contribution in [1.29, 1.82) is 0 Å². The normalized spacial score (nSPS) is 12.7. The van der Waals surface area contributed by atoms with Gasteiger partial charge in [-0.2, -0.15) is 0 Å². The van der Waals surface area contributed by atoms with Crippen LogP contribution >= 0.6 is 0 Å². The molecule has 2 nitrogen and oxygen atoms in total. The van der Waals surface area contributed by atoms with Gasteiger partial charge in [0, 0.05) is 6.04 Å². The number of hydrogen-bond donors (Lipinski definition) is 2. The molecule has 0 spiro atoms. The summed E-state index contributed by atoms with van der Waals surface area (Å²) in [5.41, 5.74) is 1.34. The van der Waals surface area contributed by atoms with Gasteiger partial charge in [0.2, 0.25) is 0 Å². The second-order valence-corrected chi connectivity index (χ2v) is 3.48. The predicted octanol–water partition coefficient (Wildman–Crippen LogP) is 1.59. The van der Waals surface area contributed by atoms with Gasteiger partial charge in [0.05, 0.1) is 6.61 Å². The van der Waals surface area contributed by atoms with Gasteiger partial charge in [0.15, 0.2) is 0 Å². The number of aliphatic hydroxyl groups is 1. The molecular formula is C12H19NO. The summed E-state index contributed by atoms with van der Waals surface area (Å²) in [6.45, 7) is 3.24. The number of nitrogens with one attached hydrogen (secondary N) is 1. The largest absolute Gasteiger partial charge is 0.395 e. The molecular weight excluding hydrogens is 174 g/mol. The van der Waals surface area contributed by atoms with Crippen LogP contribution in [0.2, 0.25) is 0 Å². The summed E-state index contributed by atoms with van der Waals surface area (Å²) in [5.74, 6) is 0. The van der Waals surface area contributed by atoms with E-state index in [2.05, 4.69) is 36.5 Å². The van der Waals surface area contributed by atoms with E-state index in [0.29, 0.717) is 0 Å². The van der Waals surface area contributed by atoms with Crippen LogP contribution in [0.15, 0.2) is 30.3 Å². The Morgan fingerprint density at radius 3 is 2.57 bits per heavy atom. The van der Waals surface area contributed by atoms with Crippen molar-refractivity contribution in [3.8, 4) is 0 Å². The van der Waals surface area contributed by atoms with Crippen LogP contribution in [0.25, 0.3) is 0 Å². The average Bonchev–Trinajstić information content (AvgIpc) is 2.26. The Labute approximate surface area is 86.0 Å². The minimum Gasteiger partial charge on any atom is -0.395 e. The Kier molecular flexibility index (Phi) is 5.27. The van der Waals surface area contributed by atoms with Crippen molar-refractivity contribution in [3.63, 3.8) is 0 Å². The van der Waals surface area contributed by atoms with Crippen LogP contribution in [0.3, 0.4) is 0 Å². The third-order valence-corrected chi connectivity index (χ3v) is 2.40. The van der Waals surface area contributed by atoms with Gasteiger partial charge >= 0.3 is 0 Å². The molecule has 0 unspecified atom stereocenters. The Morgan fingerprint density at radius 2 is 2.00 bits per heavy atom. The van der Waals surface area contributed by atoms with Gasteiger partial charge in [-0.3, -0.25) is 0 Å². The first-order valence-electron chi connectivity index (χ1n) is 5.25. The first-order chi connectivity index (χ1) is 6.86. The molecule has 0 radical (unpaired) electrons. The zero-order valence-electron chi connectivity index (χ0n) is 8.74. The molecule has 0 aliphatic carbocycles. The number of rotatable bonds is 6. The Balaban J connectivity index is 2.21. The Bertz CT molecular complexity index is 231. The standard InChI is InChI=1S/C12H19NO/c1-2-12(10-14)13-9-8-11-6-4-3-5-7-11/h3-7,12-14H,2,8-10H2,1H3/t12-/m1/s1. The Hall–Kier alpha value is -0.860. The number of aliphatic hydroxyl groups excluding tert-OH is 1. The molecule has 0 amide bonds. The predicted molar refractivity (Wildman–Crippen MR) is 59.3 cm³/mol. The van der Waals surface area contributed by atoms with Crippen LogP contribution in [0, 0.1) is 0 Å². The van der Waals surface area contributed by atoms with E-state index >= 15 is 0 Å². The van der Waals surface area contributed by atoms with Gasteiger partial charge in [-0.05, 0) is 24.9 Å². The van der Waals surface area contributed by atoms with Gasteiger partial charge in [-0.15, -0.1) is 0 Å². The van der Waals surface area contributed by atoms with E-state index in [1.165, 1.54) is 5.56 Å². The van der Waals surface area contributed by atoms with Gasteiger partial charge in [-0.25, -0.2) is 0 Å². The van der Waals surface area contributed by atoms with Crippen molar-refractivity contribution < 1.29 is 5.11 Å². The molecule has 78 valence electrons. The molecule has 0 fully saturated rings. The van der Waals surface area contributed by atoms with Crippen LogP contribution in [0.1, 0.15) is 18.9 Å². The van der Waals surface area contributed by atoms with Crippen LogP contribution in [0.5, 0.6) is 0 Å². The van der Waals surface area contributed by atoms with Crippen molar-refractivity contribution in [1.82, 2.24) is 5.32 Å². The maximum absolute atomic E-state index is 8.96. The van der Waals surface area contributed by atoms with Gasteiger partial charge < -0.3 is 10.4 Å². The highest BCUT2D eigenvalue weighted by atomic mass is 16.3. The maximum atomic E-state index is 8.96. The fraction of sp³-hybridized carbons (Fsp3) is 0.500. The quantitative estimate of drug-likeness (QED) is 0.719. The molecule has 2 heteroatoms. The van der Waals surface area contributed by atoms with Gasteiger partial charge in [0.1, 0.15) is 0 Å². The summed E-state index contributed by atoms with van der Waals surface area (Å²) in [5, 5.41) is 12.3. The van der Waals surface area contributed by atoms with Crippen LogP contribution in [0.4, 0.5) is 0 Å². The van der Waals surface area contributed by atoms with Crippen molar-refractivity contribution in [2.75, 3.05) is 13.2 Å². The number of hydrogen-bond acceptors (Lipinski definition) is 2. The highest BCUT2D eigenvalue weighted by Crippen LogP contribution is 1.98. The van der Waals surface area contributed by atoms with Crippen LogP contribution in [-0.4, -0.2) is 24.3 Å². The zero-order chi connectivity index (χ0) is 10.2. The molecule has 1 aromatic rings. The fourth-order valence-corrected chi connectivity index (χ4v) is 1.40. The highest BCUT2D eigenvalue weighted by Gasteiger charge is 2.01. The minimum absolute atomic E-state index is 0.227.